The highest BCUT2D eigenvalue weighted by Crippen LogP contribution is 1.86. The lowest BCUT2D eigenvalue weighted by Gasteiger charge is -1.99. The van der Waals surface area contributed by atoms with Crippen molar-refractivity contribution in [1.29, 1.82) is 0 Å². The van der Waals surface area contributed by atoms with E-state index in [0.29, 0.717) is 0 Å². The standard InChI is InChI=1S/C4H7NO4/c5-2(4(8)9)1-3(6)7/h2H,1,5H2,(H,6,7)(H,8,9)/i1D. The Labute approximate surface area is 52.5 Å². The van der Waals surface area contributed by atoms with E-state index in [2.05, 4.69) is 0 Å². The van der Waals surface area contributed by atoms with Crippen LogP contribution in [0.1, 0.15) is 7.77 Å². The van der Waals surface area contributed by atoms with Gasteiger partial charge >= 0.3 is 11.9 Å². The quantitative estimate of drug-likeness (QED) is 0.453. The van der Waals surface area contributed by atoms with Crippen molar-refractivity contribution in [2.75, 3.05) is 0 Å². The summed E-state index contributed by atoms with van der Waals surface area (Å²) in [4.78, 5) is 19.9. The minimum Gasteiger partial charge on any atom is -0.481 e. The average molecular weight is 134 g/mol. The van der Waals surface area contributed by atoms with Gasteiger partial charge in [-0.1, -0.05) is 0 Å². The van der Waals surface area contributed by atoms with Crippen LogP contribution in [0.2, 0.25) is 0 Å². The molecule has 4 N–H and O–H groups in total. The van der Waals surface area contributed by atoms with E-state index in [1.807, 2.05) is 0 Å². The van der Waals surface area contributed by atoms with Gasteiger partial charge in [0.15, 0.2) is 0 Å². The summed E-state index contributed by atoms with van der Waals surface area (Å²) in [5.74, 6) is -3.02. The minimum atomic E-state index is -1.79. The summed E-state index contributed by atoms with van der Waals surface area (Å²) < 4.78 is 6.66. The summed E-state index contributed by atoms with van der Waals surface area (Å²) in [6, 6.07) is -1.66. The van der Waals surface area contributed by atoms with Crippen LogP contribution in [0.4, 0.5) is 0 Å². The molecule has 0 heterocycles. The molecule has 0 fully saturated rings. The highest BCUT2D eigenvalue weighted by molar-refractivity contribution is 5.80. The molecule has 0 aliphatic rings. The second-order valence-electron chi connectivity index (χ2n) is 1.37. The highest BCUT2D eigenvalue weighted by atomic mass is 16.4. The summed E-state index contributed by atoms with van der Waals surface area (Å²) in [6.45, 7) is 0. The smallest absolute Gasteiger partial charge is 0.321 e. The van der Waals surface area contributed by atoms with Crippen LogP contribution in [0, 0.1) is 0 Å². The first-order chi connectivity index (χ1) is 4.46. The van der Waals surface area contributed by atoms with E-state index in [9.17, 15) is 9.59 Å². The number of hydrogen-bond donors (Lipinski definition) is 3. The number of rotatable bonds is 3. The molecule has 0 bridgehead atoms. The Morgan fingerprint density at radius 2 is 2.11 bits per heavy atom. The molecule has 2 unspecified atom stereocenters. The van der Waals surface area contributed by atoms with E-state index in [1.165, 1.54) is 0 Å². The fourth-order valence-electron chi connectivity index (χ4n) is 0.225. The second kappa shape index (κ2) is 3.03. The average Bonchev–Trinajstić information content (AvgIpc) is 1.84. The van der Waals surface area contributed by atoms with E-state index >= 15 is 0 Å². The predicted octanol–water partition coefficient (Wildman–Crippen LogP) is -1.13. The number of hydrogen-bond acceptors (Lipinski definition) is 3. The zero-order chi connectivity index (χ0) is 8.31. The Balaban J connectivity index is 4.07. The molecule has 5 heteroatoms. The van der Waals surface area contributed by atoms with Gasteiger partial charge in [0.2, 0.25) is 0 Å². The molecule has 9 heavy (non-hydrogen) atoms. The molecule has 0 saturated heterocycles. The van der Waals surface area contributed by atoms with Gasteiger partial charge in [-0.25, -0.2) is 0 Å². The normalized spacial score (nSPS) is 17.7. The largest absolute Gasteiger partial charge is 0.481 e. The third-order valence-corrected chi connectivity index (χ3v) is 0.607. The third-order valence-electron chi connectivity index (χ3n) is 0.607. The van der Waals surface area contributed by atoms with E-state index < -0.39 is 24.4 Å². The first kappa shape index (κ1) is 6.03. The third kappa shape index (κ3) is 3.48. The van der Waals surface area contributed by atoms with Crippen LogP contribution in [0.5, 0.6) is 0 Å². The van der Waals surface area contributed by atoms with Crippen LogP contribution in [-0.4, -0.2) is 28.2 Å². The molecule has 0 aromatic rings. The van der Waals surface area contributed by atoms with Gasteiger partial charge in [-0.15, -0.1) is 0 Å². The zero-order valence-electron chi connectivity index (χ0n) is 5.44. The van der Waals surface area contributed by atoms with Crippen molar-refractivity contribution in [3.63, 3.8) is 0 Å². The lowest BCUT2D eigenvalue weighted by atomic mass is 10.2. The number of carbonyl (C=O) groups is 2. The van der Waals surface area contributed by atoms with Crippen LogP contribution in [0.3, 0.4) is 0 Å². The van der Waals surface area contributed by atoms with Gasteiger partial charge in [0.1, 0.15) is 6.04 Å². The maximum Gasteiger partial charge on any atom is 0.321 e. The SMILES string of the molecule is [2H]C(C(=O)O)C(N)C(=O)O. The Bertz CT molecular complexity index is 141. The highest BCUT2D eigenvalue weighted by Gasteiger charge is 2.14. The zero-order valence-corrected chi connectivity index (χ0v) is 4.44. The van der Waals surface area contributed by atoms with Gasteiger partial charge in [0.05, 0.1) is 6.40 Å². The van der Waals surface area contributed by atoms with Crippen molar-refractivity contribution in [2.45, 2.75) is 12.4 Å². The Morgan fingerprint density at radius 3 is 2.22 bits per heavy atom. The summed E-state index contributed by atoms with van der Waals surface area (Å²) >= 11 is 0. The predicted molar refractivity (Wildman–Crippen MR) is 27.9 cm³/mol. The van der Waals surface area contributed by atoms with Gasteiger partial charge in [0.25, 0.3) is 0 Å². The van der Waals surface area contributed by atoms with Crippen LogP contribution in [0.25, 0.3) is 0 Å². The molecule has 0 saturated carbocycles. The van der Waals surface area contributed by atoms with Gasteiger partial charge in [-0.2, -0.15) is 0 Å². The van der Waals surface area contributed by atoms with Crippen molar-refractivity contribution in [2.24, 2.45) is 5.73 Å². The summed E-state index contributed by atoms with van der Waals surface area (Å²) in [5, 5.41) is 16.2. The molecule has 0 aliphatic heterocycles. The molecule has 0 radical (unpaired) electrons. The van der Waals surface area contributed by atoms with E-state index in [-0.39, 0.29) is 0 Å². The molecule has 52 valence electrons. The van der Waals surface area contributed by atoms with Gasteiger partial charge in [-0.05, 0) is 0 Å². The molecule has 0 aliphatic carbocycles. The van der Waals surface area contributed by atoms with Crippen molar-refractivity contribution in [1.82, 2.24) is 0 Å². The maximum absolute atomic E-state index is 9.94. The molecule has 0 aromatic heterocycles. The molecular weight excluding hydrogens is 126 g/mol. The van der Waals surface area contributed by atoms with E-state index in [0.717, 1.165) is 0 Å². The van der Waals surface area contributed by atoms with Crippen LogP contribution in [0.15, 0.2) is 0 Å². The van der Waals surface area contributed by atoms with Gasteiger partial charge in [0, 0.05) is 1.37 Å². The Hall–Kier alpha value is -1.10. The molecule has 5 nitrogen and oxygen atoms in total. The number of carboxylic acid groups (broad SMARTS) is 2. The van der Waals surface area contributed by atoms with Gasteiger partial charge < -0.3 is 15.9 Å². The van der Waals surface area contributed by atoms with Crippen LogP contribution in [-0.2, 0) is 9.59 Å². The summed E-state index contributed by atoms with van der Waals surface area (Å²) in [6.07, 6.45) is -1.79. The Kier molecular flexibility index (Phi) is 2.03. The maximum atomic E-state index is 9.94. The molecule has 0 spiro atoms. The number of carboxylic acids is 2. The number of aliphatic carboxylic acids is 2. The van der Waals surface area contributed by atoms with Crippen LogP contribution >= 0.6 is 0 Å². The summed E-state index contributed by atoms with van der Waals surface area (Å²) in [7, 11) is 0. The second-order valence-corrected chi connectivity index (χ2v) is 1.37. The van der Waals surface area contributed by atoms with Crippen molar-refractivity contribution < 1.29 is 21.2 Å². The van der Waals surface area contributed by atoms with Crippen molar-refractivity contribution in [3.8, 4) is 0 Å². The van der Waals surface area contributed by atoms with E-state index in [1.54, 1.807) is 0 Å². The summed E-state index contributed by atoms with van der Waals surface area (Å²) in [5.41, 5.74) is 4.79. The lowest BCUT2D eigenvalue weighted by molar-refractivity contribution is -0.144. The molecule has 0 rings (SSSR count). The monoisotopic (exact) mass is 134 g/mol. The molecule has 0 amide bonds. The number of nitrogens with two attached hydrogens (primary N) is 1. The molecular formula is C4H7NO4. The van der Waals surface area contributed by atoms with Gasteiger partial charge in [-0.3, -0.25) is 9.59 Å². The first-order valence-corrected chi connectivity index (χ1v) is 2.10. The fourth-order valence-corrected chi connectivity index (χ4v) is 0.225. The molecule has 0 aromatic carbocycles. The van der Waals surface area contributed by atoms with E-state index in [4.69, 9.17) is 17.3 Å². The fraction of sp³-hybridized carbons (Fsp3) is 0.500. The molecule has 2 atom stereocenters. The minimum absolute atomic E-state index is 1.48. The Morgan fingerprint density at radius 1 is 1.67 bits per heavy atom. The topological polar surface area (TPSA) is 101 Å². The van der Waals surface area contributed by atoms with Crippen LogP contribution < -0.4 is 5.73 Å². The lowest BCUT2D eigenvalue weighted by Crippen LogP contribution is -2.32. The van der Waals surface area contributed by atoms with Crippen molar-refractivity contribution in [3.05, 3.63) is 0 Å². The van der Waals surface area contributed by atoms with Crippen molar-refractivity contribution >= 4 is 11.9 Å². The first-order valence-electron chi connectivity index (χ1n) is 2.68.